The molecule has 2 aromatic heterocycles. The molecule has 0 spiro atoms. The van der Waals surface area contributed by atoms with Crippen molar-refractivity contribution in [1.82, 2.24) is 19.3 Å². The van der Waals surface area contributed by atoms with Crippen molar-refractivity contribution in [1.29, 1.82) is 0 Å². The molecule has 1 aliphatic heterocycles. The number of amides is 1. The van der Waals surface area contributed by atoms with Gasteiger partial charge in [0.2, 0.25) is 10.0 Å². The molecule has 1 aliphatic rings. The van der Waals surface area contributed by atoms with E-state index in [2.05, 4.69) is 10.1 Å². The number of carbonyl (C=O) groups excluding carboxylic acids is 1. The van der Waals surface area contributed by atoms with Crippen molar-refractivity contribution < 1.29 is 17.7 Å². The summed E-state index contributed by atoms with van der Waals surface area (Å²) in [4.78, 5) is 18.8. The molecule has 1 saturated heterocycles. The number of rotatable bonds is 4. The van der Waals surface area contributed by atoms with Crippen LogP contribution in [0.4, 0.5) is 0 Å². The molecular weight excluding hydrogens is 404 g/mol. The Balaban J connectivity index is 1.46. The summed E-state index contributed by atoms with van der Waals surface area (Å²) in [6, 6.07) is 12.0. The van der Waals surface area contributed by atoms with E-state index in [-0.39, 0.29) is 23.0 Å². The smallest absolute Gasteiger partial charge is 0.276 e. The molecule has 156 valence electrons. The predicted molar refractivity (Wildman–Crippen MR) is 110 cm³/mol. The second-order valence-electron chi connectivity index (χ2n) is 7.18. The molecule has 1 amide bonds. The summed E-state index contributed by atoms with van der Waals surface area (Å²) in [6.07, 6.45) is 3.83. The standard InChI is InChI=1S/C21H22N4O4S/c1-16-5-7-18(8-6-16)30(27,28)25-11-3-10-24(12-13-25)21(26)19-14-20(29-23-19)17-4-2-9-22-15-17/h2,4-9,14-15H,3,10-13H2,1H3. The normalized spacial score (nSPS) is 15.7. The third kappa shape index (κ3) is 4.12. The molecule has 0 aliphatic carbocycles. The van der Waals surface area contributed by atoms with Gasteiger partial charge in [-0.25, -0.2) is 8.42 Å². The fourth-order valence-corrected chi connectivity index (χ4v) is 4.85. The SMILES string of the molecule is Cc1ccc(S(=O)(=O)N2CCCN(C(=O)c3cc(-c4cccnc4)on3)CC2)cc1. The van der Waals surface area contributed by atoms with E-state index >= 15 is 0 Å². The van der Waals surface area contributed by atoms with Gasteiger partial charge in [-0.15, -0.1) is 0 Å². The third-order valence-electron chi connectivity index (χ3n) is 5.08. The Morgan fingerprint density at radius 3 is 2.60 bits per heavy atom. The number of aromatic nitrogens is 2. The number of sulfonamides is 1. The summed E-state index contributed by atoms with van der Waals surface area (Å²) in [7, 11) is -3.59. The van der Waals surface area contributed by atoms with E-state index in [9.17, 15) is 13.2 Å². The number of nitrogens with zero attached hydrogens (tertiary/aromatic N) is 4. The van der Waals surface area contributed by atoms with E-state index in [0.717, 1.165) is 11.1 Å². The van der Waals surface area contributed by atoms with Gasteiger partial charge in [-0.05, 0) is 37.6 Å². The Hall–Kier alpha value is -3.04. The van der Waals surface area contributed by atoms with Crippen molar-refractivity contribution in [3.63, 3.8) is 0 Å². The summed E-state index contributed by atoms with van der Waals surface area (Å²) < 4.78 is 32.6. The number of aryl methyl sites for hydroxylation is 1. The van der Waals surface area contributed by atoms with Gasteiger partial charge >= 0.3 is 0 Å². The van der Waals surface area contributed by atoms with Gasteiger partial charge in [0.15, 0.2) is 11.5 Å². The number of carbonyl (C=O) groups is 1. The van der Waals surface area contributed by atoms with Crippen LogP contribution in [0.3, 0.4) is 0 Å². The van der Waals surface area contributed by atoms with Crippen molar-refractivity contribution in [3.8, 4) is 11.3 Å². The van der Waals surface area contributed by atoms with Crippen LogP contribution in [-0.2, 0) is 10.0 Å². The molecule has 3 heterocycles. The zero-order chi connectivity index (χ0) is 21.1. The van der Waals surface area contributed by atoms with Gasteiger partial charge in [0.05, 0.1) is 4.90 Å². The van der Waals surface area contributed by atoms with E-state index in [1.807, 2.05) is 13.0 Å². The van der Waals surface area contributed by atoms with Crippen LogP contribution in [0.15, 0.2) is 64.3 Å². The van der Waals surface area contributed by atoms with Gasteiger partial charge < -0.3 is 9.42 Å². The Kier molecular flexibility index (Phi) is 5.65. The molecule has 30 heavy (non-hydrogen) atoms. The van der Waals surface area contributed by atoms with E-state index < -0.39 is 10.0 Å². The minimum Gasteiger partial charge on any atom is -0.355 e. The fraction of sp³-hybridized carbons (Fsp3) is 0.286. The number of hydrogen-bond donors (Lipinski definition) is 0. The highest BCUT2D eigenvalue weighted by Crippen LogP contribution is 2.21. The molecule has 3 aromatic rings. The van der Waals surface area contributed by atoms with Gasteiger partial charge in [-0.3, -0.25) is 9.78 Å². The summed E-state index contributed by atoms with van der Waals surface area (Å²) in [5.41, 5.74) is 1.93. The van der Waals surface area contributed by atoms with Crippen LogP contribution in [0.2, 0.25) is 0 Å². The van der Waals surface area contributed by atoms with Gasteiger partial charge in [0.1, 0.15) is 0 Å². The average Bonchev–Trinajstić information content (AvgIpc) is 3.11. The Labute approximate surface area is 175 Å². The van der Waals surface area contributed by atoms with Crippen molar-refractivity contribution in [2.45, 2.75) is 18.2 Å². The summed E-state index contributed by atoms with van der Waals surface area (Å²) in [6.45, 7) is 3.25. The third-order valence-corrected chi connectivity index (χ3v) is 6.99. The molecule has 0 N–H and O–H groups in total. The maximum absolute atomic E-state index is 12.9. The maximum atomic E-state index is 12.9. The maximum Gasteiger partial charge on any atom is 0.276 e. The first-order valence-electron chi connectivity index (χ1n) is 9.68. The number of pyridine rings is 1. The van der Waals surface area contributed by atoms with Gasteiger partial charge in [0, 0.05) is 50.2 Å². The van der Waals surface area contributed by atoms with E-state index in [0.29, 0.717) is 31.8 Å². The zero-order valence-corrected chi connectivity index (χ0v) is 17.4. The quantitative estimate of drug-likeness (QED) is 0.636. The largest absolute Gasteiger partial charge is 0.355 e. The lowest BCUT2D eigenvalue weighted by atomic mass is 10.2. The van der Waals surface area contributed by atoms with Crippen LogP contribution in [0, 0.1) is 6.92 Å². The minimum atomic E-state index is -3.59. The van der Waals surface area contributed by atoms with Crippen LogP contribution in [-0.4, -0.2) is 59.8 Å². The van der Waals surface area contributed by atoms with E-state index in [1.165, 1.54) is 4.31 Å². The highest BCUT2D eigenvalue weighted by molar-refractivity contribution is 7.89. The molecule has 0 saturated carbocycles. The lowest BCUT2D eigenvalue weighted by Gasteiger charge is -2.21. The minimum absolute atomic E-state index is 0.198. The molecule has 1 fully saturated rings. The molecule has 0 unspecified atom stereocenters. The Bertz CT molecular complexity index is 1130. The first kappa shape index (κ1) is 20.2. The molecular formula is C21H22N4O4S. The zero-order valence-electron chi connectivity index (χ0n) is 16.6. The molecule has 4 rings (SSSR count). The molecule has 1 aromatic carbocycles. The van der Waals surface area contributed by atoms with E-state index in [1.54, 1.807) is 53.7 Å². The van der Waals surface area contributed by atoms with Crippen molar-refractivity contribution >= 4 is 15.9 Å². The first-order valence-corrected chi connectivity index (χ1v) is 11.1. The first-order chi connectivity index (χ1) is 14.4. The van der Waals surface area contributed by atoms with Crippen LogP contribution in [0.1, 0.15) is 22.5 Å². The van der Waals surface area contributed by atoms with E-state index in [4.69, 9.17) is 4.52 Å². The molecule has 0 bridgehead atoms. The predicted octanol–water partition coefficient (Wildman–Crippen LogP) is 2.58. The highest BCUT2D eigenvalue weighted by Gasteiger charge is 2.29. The topological polar surface area (TPSA) is 96.6 Å². The van der Waals surface area contributed by atoms with Gasteiger partial charge in [0.25, 0.3) is 5.91 Å². The van der Waals surface area contributed by atoms with Gasteiger partial charge in [-0.1, -0.05) is 22.9 Å². The van der Waals surface area contributed by atoms with Crippen molar-refractivity contribution in [2.75, 3.05) is 26.2 Å². The van der Waals surface area contributed by atoms with Gasteiger partial charge in [-0.2, -0.15) is 4.31 Å². The molecule has 0 atom stereocenters. The van der Waals surface area contributed by atoms with Crippen molar-refractivity contribution in [3.05, 3.63) is 66.1 Å². The number of benzene rings is 1. The monoisotopic (exact) mass is 426 g/mol. The lowest BCUT2D eigenvalue weighted by Crippen LogP contribution is -2.37. The molecule has 9 heteroatoms. The highest BCUT2D eigenvalue weighted by atomic mass is 32.2. The average molecular weight is 426 g/mol. The second kappa shape index (κ2) is 8.37. The summed E-state index contributed by atoms with van der Waals surface area (Å²) >= 11 is 0. The van der Waals surface area contributed by atoms with Crippen LogP contribution < -0.4 is 0 Å². The van der Waals surface area contributed by atoms with Crippen molar-refractivity contribution in [2.24, 2.45) is 0 Å². The van der Waals surface area contributed by atoms with Crippen LogP contribution >= 0.6 is 0 Å². The summed E-state index contributed by atoms with van der Waals surface area (Å²) in [5.74, 6) is 0.188. The molecule has 0 radical (unpaired) electrons. The Morgan fingerprint density at radius 2 is 1.87 bits per heavy atom. The second-order valence-corrected chi connectivity index (χ2v) is 9.12. The van der Waals surface area contributed by atoms with Crippen LogP contribution in [0.5, 0.6) is 0 Å². The van der Waals surface area contributed by atoms with Crippen LogP contribution in [0.25, 0.3) is 11.3 Å². The fourth-order valence-electron chi connectivity index (χ4n) is 3.38. The Morgan fingerprint density at radius 1 is 1.07 bits per heavy atom. The number of hydrogen-bond acceptors (Lipinski definition) is 6. The summed E-state index contributed by atoms with van der Waals surface area (Å²) in [5, 5.41) is 3.90. The lowest BCUT2D eigenvalue weighted by molar-refractivity contribution is 0.0754. The molecule has 8 nitrogen and oxygen atoms in total.